The first-order valence-electron chi connectivity index (χ1n) is 11.4. The van der Waals surface area contributed by atoms with Gasteiger partial charge in [-0.2, -0.15) is 0 Å². The van der Waals surface area contributed by atoms with Crippen molar-refractivity contribution in [2.75, 3.05) is 31.1 Å². The molecule has 34 heavy (non-hydrogen) atoms. The van der Waals surface area contributed by atoms with Crippen molar-refractivity contribution in [2.24, 2.45) is 0 Å². The van der Waals surface area contributed by atoms with E-state index in [1.54, 1.807) is 24.3 Å². The highest BCUT2D eigenvalue weighted by atomic mass is 35.5. The smallest absolute Gasteiger partial charge is 0.251 e. The maximum Gasteiger partial charge on any atom is 0.251 e. The molecule has 0 spiro atoms. The molecule has 2 heterocycles. The largest absolute Gasteiger partial charge is 0.290 e. The molecule has 3 aromatic rings. The highest BCUT2D eigenvalue weighted by Crippen LogP contribution is 2.32. The normalized spacial score (nSPS) is 20.6. The zero-order chi connectivity index (χ0) is 23.7. The van der Waals surface area contributed by atoms with E-state index in [1.807, 2.05) is 18.2 Å². The molecule has 2 atom stereocenters. The summed E-state index contributed by atoms with van der Waals surface area (Å²) in [6, 6.07) is 25.0. The molecule has 2 amide bonds. The van der Waals surface area contributed by atoms with Crippen LogP contribution in [0.2, 0.25) is 10.0 Å². The van der Waals surface area contributed by atoms with E-state index in [2.05, 4.69) is 46.2 Å². The lowest BCUT2D eigenvalue weighted by atomic mass is 9.96. The molecule has 7 heteroatoms. The fourth-order valence-electron chi connectivity index (χ4n) is 4.99. The molecule has 5 nitrogen and oxygen atoms in total. The van der Waals surface area contributed by atoms with E-state index in [9.17, 15) is 9.59 Å². The number of hydrogen-bond acceptors (Lipinski definition) is 4. The van der Waals surface area contributed by atoms with Gasteiger partial charge in [-0.1, -0.05) is 71.7 Å². The van der Waals surface area contributed by atoms with Crippen molar-refractivity contribution < 1.29 is 9.59 Å². The van der Waals surface area contributed by atoms with Gasteiger partial charge in [-0.15, -0.1) is 0 Å². The first-order chi connectivity index (χ1) is 16.5. The van der Waals surface area contributed by atoms with Crippen LogP contribution in [0.3, 0.4) is 0 Å². The Bertz CT molecular complexity index is 1180. The molecule has 2 aliphatic heterocycles. The van der Waals surface area contributed by atoms with Crippen LogP contribution < -0.4 is 4.90 Å². The number of rotatable bonds is 5. The molecule has 174 valence electrons. The summed E-state index contributed by atoms with van der Waals surface area (Å²) in [6.07, 6.45) is 0.199. The Morgan fingerprint density at radius 1 is 0.735 bits per heavy atom. The van der Waals surface area contributed by atoms with Crippen molar-refractivity contribution in [3.05, 3.63) is 100 Å². The van der Waals surface area contributed by atoms with E-state index in [0.29, 0.717) is 28.8 Å². The third kappa shape index (κ3) is 4.62. The molecule has 0 aliphatic carbocycles. The number of piperazine rings is 1. The predicted octanol–water partition coefficient (Wildman–Crippen LogP) is 5.03. The van der Waals surface area contributed by atoms with Gasteiger partial charge in [-0.05, 0) is 41.5 Å². The Labute approximate surface area is 209 Å². The SMILES string of the molecule is O=C1C[C@H](N2CCN([C@H](c3ccccc3)c3ccc(Cl)cc3)CC2)C(=O)N1c1cccc(Cl)c1. The summed E-state index contributed by atoms with van der Waals surface area (Å²) in [5, 5.41) is 1.22. The first-order valence-corrected chi connectivity index (χ1v) is 12.2. The molecule has 0 aromatic heterocycles. The third-order valence-corrected chi connectivity index (χ3v) is 7.13. The summed E-state index contributed by atoms with van der Waals surface area (Å²) in [5.41, 5.74) is 2.94. The number of benzene rings is 3. The maximum absolute atomic E-state index is 13.2. The summed E-state index contributed by atoms with van der Waals surface area (Å²) in [5.74, 6) is -0.346. The number of amides is 2. The molecule has 0 unspecified atom stereocenters. The van der Waals surface area contributed by atoms with E-state index in [1.165, 1.54) is 16.0 Å². The van der Waals surface area contributed by atoms with Crippen molar-refractivity contribution in [2.45, 2.75) is 18.5 Å². The molecule has 3 aromatic carbocycles. The zero-order valence-corrected chi connectivity index (χ0v) is 20.1. The molecule has 0 N–H and O–H groups in total. The number of carbonyl (C=O) groups excluding carboxylic acids is 2. The monoisotopic (exact) mass is 493 g/mol. The topological polar surface area (TPSA) is 43.9 Å². The molecular weight excluding hydrogens is 469 g/mol. The molecule has 2 saturated heterocycles. The van der Waals surface area contributed by atoms with Crippen LogP contribution in [0.15, 0.2) is 78.9 Å². The van der Waals surface area contributed by atoms with Gasteiger partial charge in [0.2, 0.25) is 5.91 Å². The molecule has 5 rings (SSSR count). The quantitative estimate of drug-likeness (QED) is 0.467. The molecule has 2 aliphatic rings. The van der Waals surface area contributed by atoms with E-state index in [-0.39, 0.29) is 24.3 Å². The lowest BCUT2D eigenvalue weighted by Crippen LogP contribution is -2.53. The Morgan fingerprint density at radius 2 is 1.41 bits per heavy atom. The maximum atomic E-state index is 13.2. The first kappa shape index (κ1) is 23.1. The Morgan fingerprint density at radius 3 is 2.09 bits per heavy atom. The minimum Gasteiger partial charge on any atom is -0.290 e. The Balaban J connectivity index is 1.32. The summed E-state index contributed by atoms with van der Waals surface area (Å²) in [6.45, 7) is 3.00. The van der Waals surface area contributed by atoms with Gasteiger partial charge < -0.3 is 0 Å². The van der Waals surface area contributed by atoms with Crippen LogP contribution in [0.4, 0.5) is 5.69 Å². The number of imide groups is 1. The summed E-state index contributed by atoms with van der Waals surface area (Å²) >= 11 is 12.2. The number of halogens is 2. The van der Waals surface area contributed by atoms with E-state index >= 15 is 0 Å². The second-order valence-corrected chi connectivity index (χ2v) is 9.58. The fourth-order valence-corrected chi connectivity index (χ4v) is 5.30. The molecule has 2 fully saturated rings. The average Bonchev–Trinajstić information content (AvgIpc) is 3.15. The van der Waals surface area contributed by atoms with E-state index in [0.717, 1.165) is 13.1 Å². The minimum atomic E-state index is -0.431. The molecule has 0 saturated carbocycles. The van der Waals surface area contributed by atoms with E-state index < -0.39 is 6.04 Å². The number of nitrogens with zero attached hydrogens (tertiary/aromatic N) is 3. The summed E-state index contributed by atoms with van der Waals surface area (Å²) in [7, 11) is 0. The van der Waals surface area contributed by atoms with Gasteiger partial charge in [-0.3, -0.25) is 19.4 Å². The Kier molecular flexibility index (Phi) is 6.70. The van der Waals surface area contributed by atoms with Gasteiger partial charge in [-0.25, -0.2) is 4.90 Å². The van der Waals surface area contributed by atoms with Crippen molar-refractivity contribution in [3.8, 4) is 0 Å². The fraction of sp³-hybridized carbons (Fsp3) is 0.259. The van der Waals surface area contributed by atoms with Crippen molar-refractivity contribution in [1.82, 2.24) is 9.80 Å². The van der Waals surface area contributed by atoms with Crippen LogP contribution in [0, 0.1) is 0 Å². The highest BCUT2D eigenvalue weighted by molar-refractivity contribution is 6.31. The third-order valence-electron chi connectivity index (χ3n) is 6.65. The standard InChI is InChI=1S/C27H25Cl2N3O2/c28-21-11-9-20(10-12-21)26(19-5-2-1-3-6-19)31-15-13-30(14-16-31)24-18-25(33)32(27(24)34)23-8-4-7-22(29)17-23/h1-12,17,24,26H,13-16,18H2/t24-,26+/m0/s1. The number of anilines is 1. The van der Waals surface area contributed by atoms with Crippen LogP contribution in [0.25, 0.3) is 0 Å². The van der Waals surface area contributed by atoms with Crippen LogP contribution >= 0.6 is 23.2 Å². The second kappa shape index (κ2) is 9.88. The van der Waals surface area contributed by atoms with Crippen LogP contribution in [-0.4, -0.2) is 53.8 Å². The van der Waals surface area contributed by atoms with Crippen LogP contribution in [0.5, 0.6) is 0 Å². The highest BCUT2D eigenvalue weighted by Gasteiger charge is 2.43. The van der Waals surface area contributed by atoms with Crippen molar-refractivity contribution in [3.63, 3.8) is 0 Å². The van der Waals surface area contributed by atoms with Gasteiger partial charge in [0.25, 0.3) is 5.91 Å². The van der Waals surface area contributed by atoms with Gasteiger partial charge in [0.05, 0.1) is 24.2 Å². The van der Waals surface area contributed by atoms with E-state index in [4.69, 9.17) is 23.2 Å². The van der Waals surface area contributed by atoms with Crippen LogP contribution in [-0.2, 0) is 9.59 Å². The van der Waals surface area contributed by atoms with Gasteiger partial charge in [0, 0.05) is 36.2 Å². The molecule has 0 radical (unpaired) electrons. The van der Waals surface area contributed by atoms with Gasteiger partial charge in [0.15, 0.2) is 0 Å². The lowest BCUT2D eigenvalue weighted by Gasteiger charge is -2.41. The van der Waals surface area contributed by atoms with Gasteiger partial charge in [0.1, 0.15) is 0 Å². The molecular formula is C27H25Cl2N3O2. The second-order valence-electron chi connectivity index (χ2n) is 8.70. The number of hydrogen-bond donors (Lipinski definition) is 0. The molecule has 0 bridgehead atoms. The predicted molar refractivity (Wildman–Crippen MR) is 135 cm³/mol. The lowest BCUT2D eigenvalue weighted by molar-refractivity contribution is -0.123. The Hall–Kier alpha value is -2.70. The summed E-state index contributed by atoms with van der Waals surface area (Å²) in [4.78, 5) is 31.8. The summed E-state index contributed by atoms with van der Waals surface area (Å²) < 4.78 is 0. The van der Waals surface area contributed by atoms with Gasteiger partial charge >= 0.3 is 0 Å². The zero-order valence-electron chi connectivity index (χ0n) is 18.6. The van der Waals surface area contributed by atoms with Crippen LogP contribution in [0.1, 0.15) is 23.6 Å². The average molecular weight is 494 g/mol. The van der Waals surface area contributed by atoms with Crippen molar-refractivity contribution in [1.29, 1.82) is 0 Å². The van der Waals surface area contributed by atoms with Crippen molar-refractivity contribution >= 4 is 40.7 Å². The minimum absolute atomic E-state index is 0.101. The number of carbonyl (C=O) groups is 2.